The van der Waals surface area contributed by atoms with Crippen molar-refractivity contribution in [1.82, 2.24) is 5.32 Å². The number of rotatable bonds is 3. The van der Waals surface area contributed by atoms with E-state index in [4.69, 9.17) is 4.74 Å². The molecule has 12 heavy (non-hydrogen) atoms. The summed E-state index contributed by atoms with van der Waals surface area (Å²) < 4.78 is 5.37. The molecule has 0 saturated carbocycles. The third-order valence-corrected chi connectivity index (χ3v) is 1.95. The summed E-state index contributed by atoms with van der Waals surface area (Å²) in [5.41, 5.74) is 0. The van der Waals surface area contributed by atoms with Crippen LogP contribution < -0.4 is 5.32 Å². The van der Waals surface area contributed by atoms with Crippen LogP contribution in [0.3, 0.4) is 0 Å². The van der Waals surface area contributed by atoms with Gasteiger partial charge in [0.25, 0.3) is 0 Å². The molecule has 0 bridgehead atoms. The Bertz CT molecular complexity index is 179. The van der Waals surface area contributed by atoms with Crippen molar-refractivity contribution >= 4 is 5.91 Å². The summed E-state index contributed by atoms with van der Waals surface area (Å²) in [6.07, 6.45) is 3.47. The van der Waals surface area contributed by atoms with Crippen LogP contribution in [0.2, 0.25) is 0 Å². The zero-order valence-corrected chi connectivity index (χ0v) is 7.38. The molecule has 1 saturated heterocycles. The first-order valence-electron chi connectivity index (χ1n) is 4.28. The molecule has 1 rings (SSSR count). The molecular formula is C9H15NO2. The summed E-state index contributed by atoms with van der Waals surface area (Å²) in [5, 5.41) is 2.71. The maximum Gasteiger partial charge on any atom is 0.249 e. The van der Waals surface area contributed by atoms with E-state index in [2.05, 4.69) is 11.9 Å². The molecule has 1 fully saturated rings. The molecule has 0 radical (unpaired) electrons. The summed E-state index contributed by atoms with van der Waals surface area (Å²) in [4.78, 5) is 11.3. The second kappa shape index (κ2) is 4.26. The Hall–Kier alpha value is -0.830. The van der Waals surface area contributed by atoms with Crippen LogP contribution >= 0.6 is 0 Å². The maximum atomic E-state index is 11.3. The van der Waals surface area contributed by atoms with Gasteiger partial charge in [-0.3, -0.25) is 4.79 Å². The first-order valence-corrected chi connectivity index (χ1v) is 4.28. The number of ether oxygens (including phenoxy) is 1. The van der Waals surface area contributed by atoms with Gasteiger partial charge in [-0.15, -0.1) is 6.58 Å². The van der Waals surface area contributed by atoms with Gasteiger partial charge in [0, 0.05) is 6.54 Å². The van der Waals surface area contributed by atoms with Crippen molar-refractivity contribution < 1.29 is 9.53 Å². The van der Waals surface area contributed by atoms with Gasteiger partial charge in [0.05, 0.1) is 6.10 Å². The minimum absolute atomic E-state index is 0.0146. The molecule has 2 atom stereocenters. The van der Waals surface area contributed by atoms with E-state index in [0.29, 0.717) is 6.54 Å². The van der Waals surface area contributed by atoms with Crippen molar-refractivity contribution in [3.8, 4) is 0 Å². The quantitative estimate of drug-likeness (QED) is 0.636. The van der Waals surface area contributed by atoms with Gasteiger partial charge < -0.3 is 10.1 Å². The van der Waals surface area contributed by atoms with Crippen molar-refractivity contribution in [1.29, 1.82) is 0 Å². The lowest BCUT2D eigenvalue weighted by Crippen LogP contribution is -2.34. The van der Waals surface area contributed by atoms with E-state index in [1.807, 2.05) is 6.92 Å². The van der Waals surface area contributed by atoms with E-state index in [9.17, 15) is 4.79 Å². The third-order valence-electron chi connectivity index (χ3n) is 1.95. The van der Waals surface area contributed by atoms with Gasteiger partial charge in [0.1, 0.15) is 6.10 Å². The average molecular weight is 169 g/mol. The first kappa shape index (κ1) is 9.26. The Kier molecular flexibility index (Phi) is 3.29. The largest absolute Gasteiger partial charge is 0.365 e. The molecule has 1 N–H and O–H groups in total. The highest BCUT2D eigenvalue weighted by atomic mass is 16.5. The highest BCUT2D eigenvalue weighted by Crippen LogP contribution is 2.18. The van der Waals surface area contributed by atoms with Crippen LogP contribution in [-0.4, -0.2) is 24.7 Å². The van der Waals surface area contributed by atoms with E-state index < -0.39 is 0 Å². The fraction of sp³-hybridized carbons (Fsp3) is 0.667. The van der Waals surface area contributed by atoms with Gasteiger partial charge in [-0.05, 0) is 19.8 Å². The zero-order chi connectivity index (χ0) is 8.97. The van der Waals surface area contributed by atoms with Crippen LogP contribution in [0.1, 0.15) is 19.8 Å². The lowest BCUT2D eigenvalue weighted by molar-refractivity contribution is -0.131. The predicted octanol–water partition coefficient (Wildman–Crippen LogP) is 0.856. The molecule has 0 aromatic rings. The van der Waals surface area contributed by atoms with Crippen LogP contribution in [0.4, 0.5) is 0 Å². The Morgan fingerprint density at radius 1 is 1.75 bits per heavy atom. The van der Waals surface area contributed by atoms with Crippen molar-refractivity contribution in [2.45, 2.75) is 32.0 Å². The highest BCUT2D eigenvalue weighted by Gasteiger charge is 2.27. The van der Waals surface area contributed by atoms with Crippen LogP contribution in [0, 0.1) is 0 Å². The van der Waals surface area contributed by atoms with Crippen molar-refractivity contribution in [2.24, 2.45) is 0 Å². The molecule has 3 nitrogen and oxygen atoms in total. The third kappa shape index (κ3) is 2.34. The molecule has 0 aromatic carbocycles. The zero-order valence-electron chi connectivity index (χ0n) is 7.38. The smallest absolute Gasteiger partial charge is 0.249 e. The molecule has 1 aliphatic rings. The summed E-state index contributed by atoms with van der Waals surface area (Å²) in [6.45, 7) is 6.03. The monoisotopic (exact) mass is 169 g/mol. The normalized spacial score (nSPS) is 28.4. The average Bonchev–Trinajstić information content (AvgIpc) is 2.47. The molecule has 68 valence electrons. The van der Waals surface area contributed by atoms with Crippen LogP contribution in [0.5, 0.6) is 0 Å². The second-order valence-corrected chi connectivity index (χ2v) is 3.05. The summed E-state index contributed by atoms with van der Waals surface area (Å²) in [7, 11) is 0. The number of carbonyl (C=O) groups excluding carboxylic acids is 1. The second-order valence-electron chi connectivity index (χ2n) is 3.05. The first-order chi connectivity index (χ1) is 5.74. The van der Waals surface area contributed by atoms with E-state index >= 15 is 0 Å². The molecule has 0 aromatic heterocycles. The Morgan fingerprint density at radius 2 is 2.50 bits per heavy atom. The lowest BCUT2D eigenvalue weighted by atomic mass is 10.2. The fourth-order valence-corrected chi connectivity index (χ4v) is 1.28. The predicted molar refractivity (Wildman–Crippen MR) is 46.8 cm³/mol. The molecule has 0 spiro atoms. The van der Waals surface area contributed by atoms with E-state index in [1.54, 1.807) is 6.08 Å². The van der Waals surface area contributed by atoms with E-state index in [-0.39, 0.29) is 18.1 Å². The number of hydrogen-bond donors (Lipinski definition) is 1. The molecule has 0 aliphatic carbocycles. The lowest BCUT2D eigenvalue weighted by Gasteiger charge is -2.09. The number of carbonyl (C=O) groups is 1. The number of hydrogen-bond acceptors (Lipinski definition) is 2. The Morgan fingerprint density at radius 3 is 3.00 bits per heavy atom. The summed E-state index contributed by atoms with van der Waals surface area (Å²) in [5.74, 6) is -0.0146. The Labute approximate surface area is 72.8 Å². The Balaban J connectivity index is 2.28. The molecule has 1 heterocycles. The fourth-order valence-electron chi connectivity index (χ4n) is 1.28. The van der Waals surface area contributed by atoms with E-state index in [1.165, 1.54) is 0 Å². The summed E-state index contributed by atoms with van der Waals surface area (Å²) in [6, 6.07) is 0. The van der Waals surface area contributed by atoms with Gasteiger partial charge in [0.15, 0.2) is 0 Å². The minimum atomic E-state index is -0.236. The molecule has 1 aliphatic heterocycles. The SMILES string of the molecule is C=CCNC(=O)C1CCC(C)O1. The minimum Gasteiger partial charge on any atom is -0.365 e. The summed E-state index contributed by atoms with van der Waals surface area (Å²) >= 11 is 0. The maximum absolute atomic E-state index is 11.3. The molecular weight excluding hydrogens is 154 g/mol. The van der Waals surface area contributed by atoms with Crippen LogP contribution in [0.25, 0.3) is 0 Å². The molecule has 2 unspecified atom stereocenters. The van der Waals surface area contributed by atoms with Crippen molar-refractivity contribution in [3.63, 3.8) is 0 Å². The van der Waals surface area contributed by atoms with Gasteiger partial charge >= 0.3 is 0 Å². The van der Waals surface area contributed by atoms with Crippen LogP contribution in [-0.2, 0) is 9.53 Å². The van der Waals surface area contributed by atoms with Gasteiger partial charge in [-0.2, -0.15) is 0 Å². The van der Waals surface area contributed by atoms with Crippen molar-refractivity contribution in [3.05, 3.63) is 12.7 Å². The van der Waals surface area contributed by atoms with Gasteiger partial charge in [-0.25, -0.2) is 0 Å². The van der Waals surface area contributed by atoms with Gasteiger partial charge in [0.2, 0.25) is 5.91 Å². The van der Waals surface area contributed by atoms with Crippen LogP contribution in [0.15, 0.2) is 12.7 Å². The van der Waals surface area contributed by atoms with Gasteiger partial charge in [-0.1, -0.05) is 6.08 Å². The topological polar surface area (TPSA) is 38.3 Å². The highest BCUT2D eigenvalue weighted by molar-refractivity contribution is 5.81. The van der Waals surface area contributed by atoms with E-state index in [0.717, 1.165) is 12.8 Å². The molecule has 3 heteroatoms. The standard InChI is InChI=1S/C9H15NO2/c1-3-6-10-9(11)8-5-4-7(2)12-8/h3,7-8H,1,4-6H2,2H3,(H,10,11). The molecule has 1 amide bonds. The number of nitrogens with one attached hydrogen (secondary N) is 1. The number of amides is 1. The van der Waals surface area contributed by atoms with Crippen molar-refractivity contribution in [2.75, 3.05) is 6.54 Å².